The van der Waals surface area contributed by atoms with E-state index >= 15 is 0 Å². The van der Waals surface area contributed by atoms with Crippen LogP contribution in [0.1, 0.15) is 33.6 Å². The Balaban J connectivity index is 1.76. The molecule has 1 aliphatic carbocycles. The fraction of sp³-hybridized carbons (Fsp3) is 0.333. The largest absolute Gasteiger partial charge is 0.365 e. The summed E-state index contributed by atoms with van der Waals surface area (Å²) < 4.78 is 0. The molecule has 1 aromatic rings. The summed E-state index contributed by atoms with van der Waals surface area (Å²) in [4.78, 5) is 25.0. The van der Waals surface area contributed by atoms with Crippen molar-refractivity contribution >= 4 is 39.9 Å². The first-order chi connectivity index (χ1) is 11.0. The van der Waals surface area contributed by atoms with Gasteiger partial charge in [-0.3, -0.25) is 10.1 Å². The topological polar surface area (TPSA) is 96.2 Å². The van der Waals surface area contributed by atoms with E-state index in [1.807, 2.05) is 0 Å². The highest BCUT2D eigenvalue weighted by atomic mass is 35.5. The first kappa shape index (κ1) is 16.0. The number of carbonyl (C=O) groups is 2. The number of anilines is 1. The molecular weight excluding hydrogens is 336 g/mol. The monoisotopic (exact) mass is 352 g/mol. The van der Waals surface area contributed by atoms with Crippen LogP contribution in [0, 0.1) is 0 Å². The van der Waals surface area contributed by atoms with Gasteiger partial charge >= 0.3 is 6.03 Å². The van der Waals surface area contributed by atoms with Gasteiger partial charge in [-0.2, -0.15) is 0 Å². The molecule has 1 aromatic heterocycles. The van der Waals surface area contributed by atoms with E-state index in [9.17, 15) is 9.59 Å². The summed E-state index contributed by atoms with van der Waals surface area (Å²) in [6.45, 7) is 1.49. The normalized spacial score (nSPS) is 16.9. The van der Waals surface area contributed by atoms with Crippen molar-refractivity contribution in [3.8, 4) is 0 Å². The van der Waals surface area contributed by atoms with Crippen LogP contribution in [0.5, 0.6) is 0 Å². The number of primary amides is 1. The number of allylic oxidation sites excluding steroid dienone is 4. The minimum Gasteiger partial charge on any atom is -0.365 e. The summed E-state index contributed by atoms with van der Waals surface area (Å²) in [6, 6.07) is -0.378. The summed E-state index contributed by atoms with van der Waals surface area (Å²) in [5.74, 6) is -0.508. The zero-order valence-corrected chi connectivity index (χ0v) is 13.9. The van der Waals surface area contributed by atoms with E-state index in [0.717, 1.165) is 34.1 Å². The quantitative estimate of drug-likeness (QED) is 0.672. The molecular formula is C15H17ClN4O2S. The molecule has 6 nitrogen and oxygen atoms in total. The van der Waals surface area contributed by atoms with Gasteiger partial charge in [-0.05, 0) is 43.5 Å². The molecule has 23 heavy (non-hydrogen) atoms. The molecule has 122 valence electrons. The maximum atomic E-state index is 12.2. The molecule has 5 N–H and O–H groups in total. The highest BCUT2D eigenvalue weighted by Gasteiger charge is 2.25. The maximum Gasteiger partial charge on any atom is 0.324 e. The zero-order chi connectivity index (χ0) is 16.4. The maximum absolute atomic E-state index is 12.2. The highest BCUT2D eigenvalue weighted by Crippen LogP contribution is 2.35. The zero-order valence-electron chi connectivity index (χ0n) is 12.4. The minimum atomic E-state index is -0.508. The highest BCUT2D eigenvalue weighted by molar-refractivity contribution is 7.17. The fourth-order valence-electron chi connectivity index (χ4n) is 2.68. The van der Waals surface area contributed by atoms with Crippen molar-refractivity contribution in [3.63, 3.8) is 0 Å². The van der Waals surface area contributed by atoms with Gasteiger partial charge in [-0.15, -0.1) is 11.3 Å². The van der Waals surface area contributed by atoms with Crippen molar-refractivity contribution in [2.45, 2.75) is 25.8 Å². The number of urea groups is 1. The van der Waals surface area contributed by atoms with Crippen LogP contribution >= 0.6 is 22.9 Å². The van der Waals surface area contributed by atoms with Gasteiger partial charge < -0.3 is 16.4 Å². The molecule has 0 bridgehead atoms. The standard InChI is InChI=1S/C15H17ClN4O2S/c16-8-1-3-9(4-2-8)19-15(22)20-14-12(13(17)21)10-5-6-18-7-11(10)23-14/h1,3,18H,2,4-7H2,(H2,17,21)(H2,19,20,22). The third kappa shape index (κ3) is 3.57. The lowest BCUT2D eigenvalue weighted by molar-refractivity contribution is 0.100. The number of nitrogens with one attached hydrogen (secondary N) is 3. The summed E-state index contributed by atoms with van der Waals surface area (Å²) >= 11 is 7.29. The summed E-state index contributed by atoms with van der Waals surface area (Å²) in [5.41, 5.74) is 7.67. The second-order valence-corrected chi connectivity index (χ2v) is 6.97. The van der Waals surface area contributed by atoms with Gasteiger partial charge in [0.1, 0.15) is 5.00 Å². The van der Waals surface area contributed by atoms with Crippen molar-refractivity contribution in [1.82, 2.24) is 10.6 Å². The van der Waals surface area contributed by atoms with Gasteiger partial charge in [-0.1, -0.05) is 11.6 Å². The van der Waals surface area contributed by atoms with E-state index in [1.165, 1.54) is 11.3 Å². The predicted octanol–water partition coefficient (Wildman–Crippen LogP) is 2.41. The molecule has 0 aromatic carbocycles. The number of amides is 3. The summed E-state index contributed by atoms with van der Waals surface area (Å²) in [6.07, 6.45) is 5.67. The van der Waals surface area contributed by atoms with Crippen LogP contribution in [0.25, 0.3) is 0 Å². The molecule has 0 spiro atoms. The molecule has 1 aliphatic heterocycles. The lowest BCUT2D eigenvalue weighted by atomic mass is 10.0. The first-order valence-electron chi connectivity index (χ1n) is 7.33. The molecule has 2 aliphatic rings. The predicted molar refractivity (Wildman–Crippen MR) is 91.7 cm³/mol. The number of thiophene rings is 1. The van der Waals surface area contributed by atoms with Gasteiger partial charge in [0.05, 0.1) is 5.56 Å². The number of hydrogen-bond donors (Lipinski definition) is 4. The Morgan fingerprint density at radius 2 is 2.04 bits per heavy atom. The van der Waals surface area contributed by atoms with E-state index in [0.29, 0.717) is 30.0 Å². The SMILES string of the molecule is NC(=O)c1c(NC(=O)NC2=CC=C(Cl)CC2)sc2c1CCNC2. The van der Waals surface area contributed by atoms with Crippen LogP contribution in [0.4, 0.5) is 9.80 Å². The minimum absolute atomic E-state index is 0.378. The molecule has 3 rings (SSSR count). The Morgan fingerprint density at radius 3 is 2.74 bits per heavy atom. The van der Waals surface area contributed by atoms with Crippen molar-refractivity contribution in [2.24, 2.45) is 5.73 Å². The van der Waals surface area contributed by atoms with E-state index in [1.54, 1.807) is 12.2 Å². The third-order valence-electron chi connectivity index (χ3n) is 3.77. The average Bonchev–Trinajstić information content (AvgIpc) is 2.87. The molecule has 3 amide bonds. The Labute approximate surface area is 142 Å². The van der Waals surface area contributed by atoms with Gasteiger partial charge in [-0.25, -0.2) is 4.79 Å². The second-order valence-electron chi connectivity index (χ2n) is 5.38. The number of nitrogens with two attached hydrogens (primary N) is 1. The van der Waals surface area contributed by atoms with Gasteiger partial charge in [0, 0.05) is 22.2 Å². The smallest absolute Gasteiger partial charge is 0.324 e. The molecule has 0 unspecified atom stereocenters. The Kier molecular flexibility index (Phi) is 4.70. The van der Waals surface area contributed by atoms with Crippen LogP contribution in [-0.4, -0.2) is 18.5 Å². The van der Waals surface area contributed by atoms with Crippen molar-refractivity contribution < 1.29 is 9.59 Å². The first-order valence-corrected chi connectivity index (χ1v) is 8.52. The number of carbonyl (C=O) groups excluding carboxylic acids is 2. The van der Waals surface area contributed by atoms with Crippen molar-refractivity contribution in [2.75, 3.05) is 11.9 Å². The number of rotatable bonds is 3. The van der Waals surface area contributed by atoms with Crippen LogP contribution < -0.4 is 21.7 Å². The van der Waals surface area contributed by atoms with E-state index in [2.05, 4.69) is 16.0 Å². The van der Waals surface area contributed by atoms with E-state index in [-0.39, 0.29) is 6.03 Å². The summed E-state index contributed by atoms with van der Waals surface area (Å²) in [5, 5.41) is 10.1. The molecule has 0 radical (unpaired) electrons. The van der Waals surface area contributed by atoms with E-state index < -0.39 is 5.91 Å². The van der Waals surface area contributed by atoms with E-state index in [4.69, 9.17) is 17.3 Å². The Morgan fingerprint density at radius 1 is 1.22 bits per heavy atom. The fourth-order valence-corrected chi connectivity index (χ4v) is 4.05. The van der Waals surface area contributed by atoms with Gasteiger partial charge in [0.2, 0.25) is 0 Å². The number of fused-ring (bicyclic) bond motifs is 1. The molecule has 0 saturated carbocycles. The lowest BCUT2D eigenvalue weighted by Gasteiger charge is -2.14. The molecule has 2 heterocycles. The average molecular weight is 353 g/mol. The van der Waals surface area contributed by atoms with Crippen LogP contribution in [0.15, 0.2) is 22.9 Å². The number of halogens is 1. The number of hydrogen-bond acceptors (Lipinski definition) is 4. The van der Waals surface area contributed by atoms with Gasteiger partial charge in [0.25, 0.3) is 5.91 Å². The third-order valence-corrected chi connectivity index (χ3v) is 5.24. The Hall–Kier alpha value is -1.83. The molecule has 8 heteroatoms. The Bertz CT molecular complexity index is 723. The lowest BCUT2D eigenvalue weighted by Crippen LogP contribution is -2.29. The van der Waals surface area contributed by atoms with Crippen molar-refractivity contribution in [1.29, 1.82) is 0 Å². The summed E-state index contributed by atoms with van der Waals surface area (Å²) in [7, 11) is 0. The molecule has 0 fully saturated rings. The second kappa shape index (κ2) is 6.74. The molecule has 0 saturated heterocycles. The van der Waals surface area contributed by atoms with Crippen molar-refractivity contribution in [3.05, 3.63) is 38.9 Å². The van der Waals surface area contributed by atoms with Crippen LogP contribution in [-0.2, 0) is 13.0 Å². The van der Waals surface area contributed by atoms with Crippen LogP contribution in [0.3, 0.4) is 0 Å². The molecule has 0 atom stereocenters. The van der Waals surface area contributed by atoms with Crippen LogP contribution in [0.2, 0.25) is 0 Å². The van der Waals surface area contributed by atoms with Gasteiger partial charge in [0.15, 0.2) is 0 Å².